The molecule has 0 fully saturated rings. The SMILES string of the molecule is Cc1ccc(OCc2nc(CC(=O)Nc3cccnc3N(C)C)cs2)cc1. The summed E-state index contributed by atoms with van der Waals surface area (Å²) in [5, 5.41) is 5.64. The molecule has 7 heteroatoms. The van der Waals surface area contributed by atoms with Crippen molar-refractivity contribution >= 4 is 28.7 Å². The van der Waals surface area contributed by atoms with Crippen LogP contribution in [0.25, 0.3) is 0 Å². The van der Waals surface area contributed by atoms with Crippen LogP contribution in [0.3, 0.4) is 0 Å². The van der Waals surface area contributed by atoms with Gasteiger partial charge in [-0.2, -0.15) is 0 Å². The highest BCUT2D eigenvalue weighted by Gasteiger charge is 2.12. The maximum atomic E-state index is 12.4. The van der Waals surface area contributed by atoms with Crippen molar-refractivity contribution in [1.29, 1.82) is 0 Å². The highest BCUT2D eigenvalue weighted by atomic mass is 32.1. The zero-order valence-electron chi connectivity index (χ0n) is 15.6. The van der Waals surface area contributed by atoms with Gasteiger partial charge in [0.25, 0.3) is 0 Å². The molecular formula is C20H22N4O2S. The number of carbonyl (C=O) groups excluding carboxylic acids is 1. The molecule has 0 aliphatic carbocycles. The molecule has 27 heavy (non-hydrogen) atoms. The lowest BCUT2D eigenvalue weighted by Crippen LogP contribution is -2.19. The minimum Gasteiger partial charge on any atom is -0.486 e. The quantitative estimate of drug-likeness (QED) is 0.675. The summed E-state index contributed by atoms with van der Waals surface area (Å²) in [4.78, 5) is 23.0. The molecule has 6 nitrogen and oxygen atoms in total. The number of hydrogen-bond donors (Lipinski definition) is 1. The Hall–Kier alpha value is -2.93. The van der Waals surface area contributed by atoms with E-state index in [1.807, 2.05) is 61.6 Å². The molecule has 0 atom stereocenters. The Labute approximate surface area is 162 Å². The normalized spacial score (nSPS) is 10.5. The second-order valence-corrected chi connectivity index (χ2v) is 7.27. The fraction of sp³-hybridized carbons (Fsp3) is 0.250. The van der Waals surface area contributed by atoms with Crippen molar-refractivity contribution in [3.05, 3.63) is 64.2 Å². The molecule has 0 aliphatic rings. The van der Waals surface area contributed by atoms with Crippen LogP contribution in [0.15, 0.2) is 48.0 Å². The third kappa shape index (κ3) is 5.27. The van der Waals surface area contributed by atoms with Gasteiger partial charge in [0, 0.05) is 25.7 Å². The first-order valence-electron chi connectivity index (χ1n) is 8.56. The van der Waals surface area contributed by atoms with Crippen molar-refractivity contribution in [2.45, 2.75) is 20.0 Å². The highest BCUT2D eigenvalue weighted by molar-refractivity contribution is 7.09. The Morgan fingerprint density at radius 3 is 2.74 bits per heavy atom. The van der Waals surface area contributed by atoms with Gasteiger partial charge < -0.3 is 15.0 Å². The van der Waals surface area contributed by atoms with Crippen LogP contribution in [0.2, 0.25) is 0 Å². The van der Waals surface area contributed by atoms with Crippen molar-refractivity contribution < 1.29 is 9.53 Å². The lowest BCUT2D eigenvalue weighted by molar-refractivity contribution is -0.115. The van der Waals surface area contributed by atoms with Crippen LogP contribution in [0, 0.1) is 6.92 Å². The fourth-order valence-electron chi connectivity index (χ4n) is 2.49. The number of nitrogens with one attached hydrogen (secondary N) is 1. The van der Waals surface area contributed by atoms with Crippen LogP contribution in [0.5, 0.6) is 5.75 Å². The maximum Gasteiger partial charge on any atom is 0.230 e. The van der Waals surface area contributed by atoms with Gasteiger partial charge in [-0.3, -0.25) is 4.79 Å². The molecule has 0 saturated heterocycles. The van der Waals surface area contributed by atoms with Gasteiger partial charge in [-0.15, -0.1) is 11.3 Å². The van der Waals surface area contributed by atoms with Gasteiger partial charge >= 0.3 is 0 Å². The minimum absolute atomic E-state index is 0.123. The predicted octanol–water partition coefficient (Wildman–Crippen LogP) is 3.67. The average molecular weight is 382 g/mol. The first kappa shape index (κ1) is 18.8. The first-order valence-corrected chi connectivity index (χ1v) is 9.44. The van der Waals surface area contributed by atoms with Crippen molar-refractivity contribution in [2.24, 2.45) is 0 Å². The monoisotopic (exact) mass is 382 g/mol. The molecule has 1 N–H and O–H groups in total. The van der Waals surface area contributed by atoms with Crippen molar-refractivity contribution in [2.75, 3.05) is 24.3 Å². The number of thiazole rings is 1. The summed E-state index contributed by atoms with van der Waals surface area (Å²) in [6, 6.07) is 11.5. The summed E-state index contributed by atoms with van der Waals surface area (Å²) in [6.07, 6.45) is 1.91. The standard InChI is InChI=1S/C20H22N4O2S/c1-14-6-8-16(9-7-14)26-12-19-22-15(13-27-19)11-18(25)23-17-5-4-10-21-20(17)24(2)3/h4-10,13H,11-12H2,1-3H3,(H,23,25). The van der Waals surface area contributed by atoms with E-state index in [-0.39, 0.29) is 12.3 Å². The molecule has 0 spiro atoms. The molecule has 0 saturated carbocycles. The predicted molar refractivity (Wildman–Crippen MR) is 109 cm³/mol. The number of pyridine rings is 1. The molecule has 3 aromatic rings. The van der Waals surface area contributed by atoms with E-state index in [9.17, 15) is 4.79 Å². The van der Waals surface area contributed by atoms with E-state index < -0.39 is 0 Å². The summed E-state index contributed by atoms with van der Waals surface area (Å²) < 4.78 is 5.74. The number of rotatable bonds is 7. The van der Waals surface area contributed by atoms with Gasteiger partial charge in [0.1, 0.15) is 17.4 Å². The van der Waals surface area contributed by atoms with E-state index in [1.165, 1.54) is 16.9 Å². The molecule has 0 bridgehead atoms. The third-order valence-electron chi connectivity index (χ3n) is 3.81. The van der Waals surface area contributed by atoms with E-state index in [0.717, 1.165) is 22.3 Å². The van der Waals surface area contributed by atoms with Crippen LogP contribution in [-0.2, 0) is 17.8 Å². The summed E-state index contributed by atoms with van der Waals surface area (Å²) in [6.45, 7) is 2.43. The number of carbonyl (C=O) groups is 1. The molecule has 2 aromatic heterocycles. The van der Waals surface area contributed by atoms with Crippen LogP contribution < -0.4 is 15.0 Å². The first-order chi connectivity index (χ1) is 13.0. The largest absolute Gasteiger partial charge is 0.486 e. The zero-order valence-corrected chi connectivity index (χ0v) is 16.4. The van der Waals surface area contributed by atoms with E-state index in [1.54, 1.807) is 12.3 Å². The van der Waals surface area contributed by atoms with Gasteiger partial charge in [-0.25, -0.2) is 9.97 Å². The smallest absolute Gasteiger partial charge is 0.230 e. The molecule has 0 radical (unpaired) electrons. The van der Waals surface area contributed by atoms with Crippen molar-refractivity contribution in [3.63, 3.8) is 0 Å². The van der Waals surface area contributed by atoms with Gasteiger partial charge in [-0.05, 0) is 31.2 Å². The Kier molecular flexibility index (Phi) is 6.03. The number of nitrogens with zero attached hydrogens (tertiary/aromatic N) is 3. The van der Waals surface area contributed by atoms with Crippen LogP contribution in [-0.4, -0.2) is 30.0 Å². The summed E-state index contributed by atoms with van der Waals surface area (Å²) in [5.74, 6) is 1.40. The summed E-state index contributed by atoms with van der Waals surface area (Å²) in [5.41, 5.74) is 2.61. The van der Waals surface area contributed by atoms with Gasteiger partial charge in [0.15, 0.2) is 5.82 Å². The van der Waals surface area contributed by atoms with Gasteiger partial charge in [-0.1, -0.05) is 17.7 Å². The highest BCUT2D eigenvalue weighted by Crippen LogP contribution is 2.21. The number of hydrogen-bond acceptors (Lipinski definition) is 6. The molecule has 3 rings (SSSR count). The summed E-state index contributed by atoms with van der Waals surface area (Å²) >= 11 is 1.49. The number of benzene rings is 1. The number of anilines is 2. The summed E-state index contributed by atoms with van der Waals surface area (Å²) in [7, 11) is 3.78. The Bertz CT molecular complexity index is 906. The molecule has 1 aromatic carbocycles. The van der Waals surface area contributed by atoms with Crippen LogP contribution in [0.1, 0.15) is 16.3 Å². The second-order valence-electron chi connectivity index (χ2n) is 6.33. The molecule has 0 unspecified atom stereocenters. The lowest BCUT2D eigenvalue weighted by Gasteiger charge is -2.15. The Morgan fingerprint density at radius 2 is 2.00 bits per heavy atom. The number of aromatic nitrogens is 2. The lowest BCUT2D eigenvalue weighted by atomic mass is 10.2. The maximum absolute atomic E-state index is 12.4. The van der Waals surface area contributed by atoms with E-state index in [2.05, 4.69) is 15.3 Å². The molecular weight excluding hydrogens is 360 g/mol. The Balaban J connectivity index is 1.56. The van der Waals surface area contributed by atoms with Crippen molar-refractivity contribution in [3.8, 4) is 5.75 Å². The van der Waals surface area contributed by atoms with Gasteiger partial charge in [0.05, 0.1) is 17.8 Å². The number of ether oxygens (including phenoxy) is 1. The van der Waals surface area contributed by atoms with E-state index in [4.69, 9.17) is 4.74 Å². The fourth-order valence-corrected chi connectivity index (χ4v) is 3.19. The molecule has 1 amide bonds. The topological polar surface area (TPSA) is 67.3 Å². The van der Waals surface area contributed by atoms with E-state index >= 15 is 0 Å². The molecule has 2 heterocycles. The third-order valence-corrected chi connectivity index (χ3v) is 4.68. The van der Waals surface area contributed by atoms with Crippen molar-refractivity contribution in [1.82, 2.24) is 9.97 Å². The Morgan fingerprint density at radius 1 is 1.22 bits per heavy atom. The number of aryl methyl sites for hydroxylation is 1. The zero-order chi connectivity index (χ0) is 19.2. The second kappa shape index (κ2) is 8.64. The van der Waals surface area contributed by atoms with E-state index in [0.29, 0.717) is 12.3 Å². The minimum atomic E-state index is -0.123. The van der Waals surface area contributed by atoms with Gasteiger partial charge in [0.2, 0.25) is 5.91 Å². The molecule has 0 aliphatic heterocycles. The van der Waals surface area contributed by atoms with Crippen LogP contribution >= 0.6 is 11.3 Å². The molecule has 140 valence electrons. The number of amides is 1. The average Bonchev–Trinajstić information content (AvgIpc) is 3.08. The van der Waals surface area contributed by atoms with Crippen LogP contribution in [0.4, 0.5) is 11.5 Å².